The number of hydrogen-bond donors (Lipinski definition) is 3. The number of carbonyl (C=O) groups excluding carboxylic acids is 1. The first kappa shape index (κ1) is 24.0. The van der Waals surface area contributed by atoms with Crippen LogP contribution in [0, 0.1) is 11.7 Å². The molecule has 4 N–H and O–H groups in total. The van der Waals surface area contributed by atoms with Crippen LogP contribution in [-0.2, 0) is 6.42 Å². The first-order valence-electron chi connectivity index (χ1n) is 12.5. The second-order valence-electron chi connectivity index (χ2n) is 10.2. The Kier molecular flexibility index (Phi) is 5.78. The topological polar surface area (TPSA) is 96.3 Å². The maximum atomic E-state index is 15.3. The number of piperidine rings is 2. The standard InChI is InChI=1S/C26H27F4N5O2/c27-19-12-33-24-22(18-9-14-11-32-6-3-16(14)23(18)34-24)21(19)13-4-7-35(8-5-13)25(36)17-2-1-15(10-20(17)31)37-26(28,29)30/h1-2,10,12-14,16,32H,3-9,11,31H2,(H,33,34). The molecule has 3 aromatic rings. The Bertz CT molecular complexity index is 1360. The van der Waals surface area contributed by atoms with Crippen LogP contribution < -0.4 is 15.8 Å². The SMILES string of the molecule is Nc1cc(OC(F)(F)F)ccc1C(=O)N1CCC(c2c(F)cnc3[nH]c4c(c23)CC2CNCCC42)CC1. The largest absolute Gasteiger partial charge is 0.573 e. The van der Waals surface area contributed by atoms with E-state index in [0.29, 0.717) is 43.3 Å². The molecule has 0 radical (unpaired) electrons. The van der Waals surface area contributed by atoms with Crippen LogP contribution in [0.3, 0.4) is 0 Å². The van der Waals surface area contributed by atoms with Gasteiger partial charge in [-0.05, 0) is 68.3 Å². The molecule has 11 heteroatoms. The molecule has 2 aromatic heterocycles. The first-order chi connectivity index (χ1) is 17.7. The lowest BCUT2D eigenvalue weighted by Gasteiger charge is -2.33. The lowest BCUT2D eigenvalue weighted by molar-refractivity contribution is -0.274. The number of aromatic amines is 1. The average Bonchev–Trinajstić information content (AvgIpc) is 3.39. The predicted octanol–water partition coefficient (Wildman–Crippen LogP) is 4.45. The van der Waals surface area contributed by atoms with Gasteiger partial charge in [0.15, 0.2) is 0 Å². The highest BCUT2D eigenvalue weighted by molar-refractivity contribution is 5.99. The molecule has 6 rings (SSSR count). The second-order valence-corrected chi connectivity index (χ2v) is 10.2. The summed E-state index contributed by atoms with van der Waals surface area (Å²) in [7, 11) is 0. The highest BCUT2D eigenvalue weighted by Crippen LogP contribution is 2.47. The van der Waals surface area contributed by atoms with Crippen molar-refractivity contribution in [2.45, 2.75) is 43.9 Å². The molecule has 37 heavy (non-hydrogen) atoms. The van der Waals surface area contributed by atoms with Gasteiger partial charge in [-0.1, -0.05) is 0 Å². The molecule has 1 aromatic carbocycles. The van der Waals surface area contributed by atoms with Gasteiger partial charge >= 0.3 is 6.36 Å². The van der Waals surface area contributed by atoms with E-state index in [4.69, 9.17) is 5.73 Å². The molecule has 0 spiro atoms. The summed E-state index contributed by atoms with van der Waals surface area (Å²) >= 11 is 0. The summed E-state index contributed by atoms with van der Waals surface area (Å²) in [6, 6.07) is 3.32. The molecule has 196 valence electrons. The third kappa shape index (κ3) is 4.28. The van der Waals surface area contributed by atoms with Crippen LogP contribution in [0.5, 0.6) is 5.75 Å². The fourth-order valence-corrected chi connectivity index (χ4v) is 6.42. The number of nitrogens with one attached hydrogen (secondary N) is 2. The van der Waals surface area contributed by atoms with Crippen LogP contribution >= 0.6 is 0 Å². The minimum Gasteiger partial charge on any atom is -0.406 e. The van der Waals surface area contributed by atoms with Crippen molar-refractivity contribution in [3.05, 3.63) is 52.6 Å². The molecule has 1 aliphatic carbocycles. The smallest absolute Gasteiger partial charge is 0.406 e. The molecule has 2 saturated heterocycles. The van der Waals surface area contributed by atoms with Crippen LogP contribution in [0.25, 0.3) is 11.0 Å². The van der Waals surface area contributed by atoms with E-state index in [9.17, 15) is 18.0 Å². The number of amides is 1. The molecule has 3 aliphatic rings. The highest BCUT2D eigenvalue weighted by atomic mass is 19.4. The zero-order valence-corrected chi connectivity index (χ0v) is 20.0. The van der Waals surface area contributed by atoms with Crippen molar-refractivity contribution < 1.29 is 27.1 Å². The molecule has 0 saturated carbocycles. The molecule has 2 atom stereocenters. The number of hydrogen-bond acceptors (Lipinski definition) is 5. The van der Waals surface area contributed by atoms with Crippen molar-refractivity contribution >= 4 is 22.6 Å². The van der Waals surface area contributed by atoms with Gasteiger partial charge in [0.1, 0.15) is 17.2 Å². The fourth-order valence-electron chi connectivity index (χ4n) is 6.42. The summed E-state index contributed by atoms with van der Waals surface area (Å²) in [6.07, 6.45) is -0.490. The number of aromatic nitrogens is 2. The average molecular weight is 518 g/mol. The lowest BCUT2D eigenvalue weighted by atomic mass is 9.86. The van der Waals surface area contributed by atoms with Crippen molar-refractivity contribution in [2.24, 2.45) is 5.92 Å². The minimum absolute atomic E-state index is 0.0740. The van der Waals surface area contributed by atoms with Gasteiger partial charge in [0.05, 0.1) is 11.8 Å². The van der Waals surface area contributed by atoms with Crippen LogP contribution in [0.2, 0.25) is 0 Å². The van der Waals surface area contributed by atoms with E-state index in [1.165, 1.54) is 23.5 Å². The molecule has 1 amide bonds. The Morgan fingerprint density at radius 1 is 1.19 bits per heavy atom. The third-order valence-electron chi connectivity index (χ3n) is 8.07. The predicted molar refractivity (Wildman–Crippen MR) is 129 cm³/mol. The zero-order chi connectivity index (χ0) is 25.9. The summed E-state index contributed by atoms with van der Waals surface area (Å²) in [5.74, 6) is -0.291. The number of carbonyl (C=O) groups is 1. The van der Waals surface area contributed by atoms with Gasteiger partial charge in [-0.25, -0.2) is 9.37 Å². The van der Waals surface area contributed by atoms with Gasteiger partial charge in [-0.15, -0.1) is 13.2 Å². The molecule has 4 heterocycles. The van der Waals surface area contributed by atoms with Gasteiger partial charge in [0.25, 0.3) is 5.91 Å². The Balaban J connectivity index is 1.21. The Morgan fingerprint density at radius 2 is 1.97 bits per heavy atom. The molecule has 7 nitrogen and oxygen atoms in total. The Hall–Kier alpha value is -3.34. The number of alkyl halides is 3. The van der Waals surface area contributed by atoms with Gasteiger partial charge in [-0.3, -0.25) is 4.79 Å². The van der Waals surface area contributed by atoms with E-state index in [0.717, 1.165) is 49.1 Å². The van der Waals surface area contributed by atoms with E-state index in [2.05, 4.69) is 20.0 Å². The normalized spacial score (nSPS) is 22.2. The monoisotopic (exact) mass is 517 g/mol. The van der Waals surface area contributed by atoms with E-state index in [1.807, 2.05) is 0 Å². The Morgan fingerprint density at radius 3 is 2.70 bits per heavy atom. The van der Waals surface area contributed by atoms with Crippen LogP contribution in [0.4, 0.5) is 23.2 Å². The number of H-pyrrole nitrogens is 1. The minimum atomic E-state index is -4.85. The highest BCUT2D eigenvalue weighted by Gasteiger charge is 2.39. The number of fused-ring (bicyclic) bond motifs is 5. The zero-order valence-electron chi connectivity index (χ0n) is 20.0. The quantitative estimate of drug-likeness (QED) is 0.352. The molecule has 2 fully saturated rings. The van der Waals surface area contributed by atoms with Gasteiger partial charge in [0, 0.05) is 47.4 Å². The number of likely N-dealkylation sites (tertiary alicyclic amines) is 1. The third-order valence-corrected chi connectivity index (χ3v) is 8.07. The van der Waals surface area contributed by atoms with Gasteiger partial charge in [-0.2, -0.15) is 0 Å². The second kappa shape index (κ2) is 8.90. The number of rotatable bonds is 3. The first-order valence-corrected chi connectivity index (χ1v) is 12.5. The number of halogens is 4. The van der Waals surface area contributed by atoms with Crippen LogP contribution in [0.1, 0.15) is 58.3 Å². The maximum Gasteiger partial charge on any atom is 0.573 e. The van der Waals surface area contributed by atoms with Crippen molar-refractivity contribution in [3.8, 4) is 5.75 Å². The molecular weight excluding hydrogens is 490 g/mol. The van der Waals surface area contributed by atoms with Crippen LogP contribution in [0.15, 0.2) is 24.4 Å². The molecule has 0 bridgehead atoms. The molecule has 2 aliphatic heterocycles. The number of benzene rings is 1. The van der Waals surface area contributed by atoms with E-state index < -0.39 is 12.1 Å². The van der Waals surface area contributed by atoms with Gasteiger partial charge < -0.3 is 25.7 Å². The maximum absolute atomic E-state index is 15.3. The number of ether oxygens (including phenoxy) is 1. The summed E-state index contributed by atoms with van der Waals surface area (Å²) in [5.41, 5.74) is 9.69. The van der Waals surface area contributed by atoms with Crippen molar-refractivity contribution in [1.82, 2.24) is 20.2 Å². The summed E-state index contributed by atoms with van der Waals surface area (Å²) in [4.78, 5) is 22.5. The molecular formula is C26H27F4N5O2. The lowest BCUT2D eigenvalue weighted by Crippen LogP contribution is -2.38. The summed E-state index contributed by atoms with van der Waals surface area (Å²) in [6.45, 7) is 2.70. The van der Waals surface area contributed by atoms with Crippen LogP contribution in [-0.4, -0.2) is 53.3 Å². The number of anilines is 1. The number of nitrogens with zero attached hydrogens (tertiary/aromatic N) is 2. The molecule has 2 unspecified atom stereocenters. The van der Waals surface area contributed by atoms with Crippen molar-refractivity contribution in [3.63, 3.8) is 0 Å². The van der Waals surface area contributed by atoms with Crippen molar-refractivity contribution in [2.75, 3.05) is 31.9 Å². The summed E-state index contributed by atoms with van der Waals surface area (Å²) in [5, 5.41) is 4.36. The Labute approximate surface area is 210 Å². The van der Waals surface area contributed by atoms with E-state index in [-0.39, 0.29) is 28.9 Å². The van der Waals surface area contributed by atoms with Gasteiger partial charge in [0.2, 0.25) is 0 Å². The number of pyridine rings is 1. The fraction of sp³-hybridized carbons (Fsp3) is 0.462. The van der Waals surface area contributed by atoms with E-state index >= 15 is 4.39 Å². The number of nitrogens with two attached hydrogens (primary N) is 1. The summed E-state index contributed by atoms with van der Waals surface area (Å²) < 4.78 is 56.6. The van der Waals surface area contributed by atoms with E-state index in [1.54, 1.807) is 4.90 Å². The number of nitrogen functional groups attached to an aromatic ring is 1. The van der Waals surface area contributed by atoms with Crippen molar-refractivity contribution in [1.29, 1.82) is 0 Å².